The number of nitrogens with zero attached hydrogens (tertiary/aromatic N) is 2. The number of aromatic nitrogens is 2. The minimum absolute atomic E-state index is 0.0681. The van der Waals surface area contributed by atoms with Gasteiger partial charge in [0.1, 0.15) is 12.4 Å². The molecule has 82 valence electrons. The van der Waals surface area contributed by atoms with Gasteiger partial charge in [0.15, 0.2) is 0 Å². The molecule has 0 atom stereocenters. The third kappa shape index (κ3) is 2.41. The van der Waals surface area contributed by atoms with Crippen molar-refractivity contribution in [1.29, 1.82) is 0 Å². The minimum Gasteiger partial charge on any atom is -0.480 e. The molecule has 2 rings (SSSR count). The van der Waals surface area contributed by atoms with Crippen molar-refractivity contribution in [1.82, 2.24) is 9.55 Å². The first-order valence-electron chi connectivity index (χ1n) is 4.65. The average molecular weight is 328 g/mol. The van der Waals surface area contributed by atoms with Crippen molar-refractivity contribution in [3.05, 3.63) is 40.2 Å². The summed E-state index contributed by atoms with van der Waals surface area (Å²) < 4.78 is 2.75. The summed E-state index contributed by atoms with van der Waals surface area (Å²) in [6.07, 6.45) is 3.28. The van der Waals surface area contributed by atoms with Gasteiger partial charge >= 0.3 is 5.97 Å². The summed E-state index contributed by atoms with van der Waals surface area (Å²) in [7, 11) is 0. The third-order valence-corrected chi connectivity index (χ3v) is 2.84. The number of hydrogen-bond acceptors (Lipinski definition) is 2. The van der Waals surface area contributed by atoms with Gasteiger partial charge in [-0.05, 0) is 34.7 Å². The molecule has 5 heteroatoms. The smallest absolute Gasteiger partial charge is 0.323 e. The first-order chi connectivity index (χ1) is 7.66. The molecule has 0 bridgehead atoms. The van der Waals surface area contributed by atoms with E-state index in [0.29, 0.717) is 5.82 Å². The summed E-state index contributed by atoms with van der Waals surface area (Å²) in [4.78, 5) is 14.8. The van der Waals surface area contributed by atoms with Crippen LogP contribution in [0.1, 0.15) is 0 Å². The largest absolute Gasteiger partial charge is 0.480 e. The van der Waals surface area contributed by atoms with Crippen LogP contribution < -0.4 is 0 Å². The zero-order valence-corrected chi connectivity index (χ0v) is 10.5. The standard InChI is InChI=1S/C11H9IN2O2/c12-9-3-1-8(2-4-9)11-13-5-6-14(11)7-10(15)16/h1-6H,7H2,(H,15,16). The molecule has 0 aliphatic carbocycles. The van der Waals surface area contributed by atoms with Crippen molar-refractivity contribution in [3.8, 4) is 11.4 Å². The van der Waals surface area contributed by atoms with Crippen LogP contribution in [0.15, 0.2) is 36.7 Å². The van der Waals surface area contributed by atoms with Crippen LogP contribution in [0.25, 0.3) is 11.4 Å². The zero-order valence-electron chi connectivity index (χ0n) is 8.30. The van der Waals surface area contributed by atoms with Gasteiger partial charge in [-0.2, -0.15) is 0 Å². The Kier molecular flexibility index (Phi) is 3.23. The minimum atomic E-state index is -0.871. The van der Waals surface area contributed by atoms with Crippen LogP contribution >= 0.6 is 22.6 Å². The molecule has 0 fully saturated rings. The molecule has 0 saturated heterocycles. The molecule has 0 saturated carbocycles. The molecule has 0 unspecified atom stereocenters. The fourth-order valence-electron chi connectivity index (χ4n) is 1.44. The second-order valence-electron chi connectivity index (χ2n) is 3.28. The highest BCUT2D eigenvalue weighted by Crippen LogP contribution is 2.18. The van der Waals surface area contributed by atoms with Crippen LogP contribution in [0.5, 0.6) is 0 Å². The highest BCUT2D eigenvalue weighted by molar-refractivity contribution is 14.1. The third-order valence-electron chi connectivity index (χ3n) is 2.12. The summed E-state index contributed by atoms with van der Waals surface area (Å²) in [5.74, 6) is -0.191. The van der Waals surface area contributed by atoms with Crippen LogP contribution in [0, 0.1) is 3.57 Å². The summed E-state index contributed by atoms with van der Waals surface area (Å²) in [5, 5.41) is 8.75. The van der Waals surface area contributed by atoms with Crippen molar-refractivity contribution in [2.75, 3.05) is 0 Å². The van der Waals surface area contributed by atoms with E-state index in [9.17, 15) is 4.79 Å². The van der Waals surface area contributed by atoms with E-state index in [1.807, 2.05) is 24.3 Å². The Bertz CT molecular complexity index is 505. The Morgan fingerprint density at radius 2 is 2.06 bits per heavy atom. The molecule has 0 aliphatic rings. The molecule has 0 radical (unpaired) electrons. The Balaban J connectivity index is 2.36. The van der Waals surface area contributed by atoms with Crippen LogP contribution in [0.3, 0.4) is 0 Å². The van der Waals surface area contributed by atoms with Crippen molar-refractivity contribution < 1.29 is 9.90 Å². The lowest BCUT2D eigenvalue weighted by Crippen LogP contribution is -2.09. The van der Waals surface area contributed by atoms with Crippen LogP contribution in [0.2, 0.25) is 0 Å². The molecule has 0 aliphatic heterocycles. The van der Waals surface area contributed by atoms with Gasteiger partial charge in [0.25, 0.3) is 0 Å². The number of benzene rings is 1. The van der Waals surface area contributed by atoms with E-state index in [4.69, 9.17) is 5.11 Å². The van der Waals surface area contributed by atoms with E-state index in [1.165, 1.54) is 0 Å². The first-order valence-corrected chi connectivity index (χ1v) is 5.73. The van der Waals surface area contributed by atoms with Gasteiger partial charge in [-0.1, -0.05) is 12.1 Å². The summed E-state index contributed by atoms with van der Waals surface area (Å²) in [5.41, 5.74) is 0.923. The van der Waals surface area contributed by atoms with E-state index in [1.54, 1.807) is 17.0 Å². The van der Waals surface area contributed by atoms with Crippen LogP contribution in [-0.4, -0.2) is 20.6 Å². The Morgan fingerprint density at radius 1 is 1.38 bits per heavy atom. The quantitative estimate of drug-likeness (QED) is 0.879. The van der Waals surface area contributed by atoms with Crippen molar-refractivity contribution >= 4 is 28.6 Å². The number of halogens is 1. The van der Waals surface area contributed by atoms with E-state index >= 15 is 0 Å². The van der Waals surface area contributed by atoms with Gasteiger partial charge < -0.3 is 9.67 Å². The highest BCUT2D eigenvalue weighted by atomic mass is 127. The van der Waals surface area contributed by atoms with Crippen LogP contribution in [-0.2, 0) is 11.3 Å². The summed E-state index contributed by atoms with van der Waals surface area (Å²) in [6.45, 7) is -0.0681. The van der Waals surface area contributed by atoms with Gasteiger partial charge in [-0.3, -0.25) is 4.79 Å². The van der Waals surface area contributed by atoms with Gasteiger partial charge in [-0.25, -0.2) is 4.98 Å². The normalized spacial score (nSPS) is 10.3. The maximum atomic E-state index is 10.7. The number of carbonyl (C=O) groups is 1. The van der Waals surface area contributed by atoms with Gasteiger partial charge in [0.2, 0.25) is 0 Å². The number of rotatable bonds is 3. The molecule has 0 spiro atoms. The lowest BCUT2D eigenvalue weighted by molar-refractivity contribution is -0.137. The Hall–Kier alpha value is -1.37. The van der Waals surface area contributed by atoms with Gasteiger partial charge in [0, 0.05) is 21.5 Å². The second-order valence-corrected chi connectivity index (χ2v) is 4.53. The monoisotopic (exact) mass is 328 g/mol. The Morgan fingerprint density at radius 3 is 2.69 bits per heavy atom. The molecular formula is C11H9IN2O2. The molecular weight excluding hydrogens is 319 g/mol. The fraction of sp³-hybridized carbons (Fsp3) is 0.0909. The SMILES string of the molecule is O=C(O)Cn1ccnc1-c1ccc(I)cc1. The maximum absolute atomic E-state index is 10.7. The Labute approximate surface area is 106 Å². The fourth-order valence-corrected chi connectivity index (χ4v) is 1.80. The second kappa shape index (κ2) is 4.65. The highest BCUT2D eigenvalue weighted by Gasteiger charge is 2.08. The molecule has 1 aromatic heterocycles. The lowest BCUT2D eigenvalue weighted by Gasteiger charge is -2.04. The summed E-state index contributed by atoms with van der Waals surface area (Å²) >= 11 is 2.22. The molecule has 1 aromatic carbocycles. The number of hydrogen-bond donors (Lipinski definition) is 1. The predicted octanol–water partition coefficient (Wildman–Crippen LogP) is 2.24. The maximum Gasteiger partial charge on any atom is 0.323 e. The lowest BCUT2D eigenvalue weighted by atomic mass is 10.2. The van der Waals surface area contributed by atoms with Gasteiger partial charge in [0.05, 0.1) is 0 Å². The summed E-state index contributed by atoms with van der Waals surface area (Å²) in [6, 6.07) is 7.80. The zero-order chi connectivity index (χ0) is 11.5. The predicted molar refractivity (Wildman–Crippen MR) is 68.0 cm³/mol. The van der Waals surface area contributed by atoms with Gasteiger partial charge in [-0.15, -0.1) is 0 Å². The molecule has 4 nitrogen and oxygen atoms in total. The van der Waals surface area contributed by atoms with E-state index in [0.717, 1.165) is 9.13 Å². The first kappa shape index (κ1) is 11.1. The van der Waals surface area contributed by atoms with Crippen molar-refractivity contribution in [2.24, 2.45) is 0 Å². The number of imidazole rings is 1. The van der Waals surface area contributed by atoms with E-state index in [-0.39, 0.29) is 6.54 Å². The molecule has 2 aromatic rings. The van der Waals surface area contributed by atoms with E-state index < -0.39 is 5.97 Å². The number of carboxylic acid groups (broad SMARTS) is 1. The average Bonchev–Trinajstić information content (AvgIpc) is 2.66. The number of aliphatic carboxylic acids is 1. The molecule has 0 amide bonds. The van der Waals surface area contributed by atoms with Crippen LogP contribution in [0.4, 0.5) is 0 Å². The van der Waals surface area contributed by atoms with Crippen molar-refractivity contribution in [3.63, 3.8) is 0 Å². The number of carboxylic acids is 1. The van der Waals surface area contributed by atoms with Crippen molar-refractivity contribution in [2.45, 2.75) is 6.54 Å². The van der Waals surface area contributed by atoms with E-state index in [2.05, 4.69) is 27.6 Å². The molecule has 16 heavy (non-hydrogen) atoms. The topological polar surface area (TPSA) is 55.1 Å². The molecule has 1 N–H and O–H groups in total. The molecule has 1 heterocycles.